The molecule has 4 saturated carbocycles. The van der Waals surface area contributed by atoms with Crippen LogP contribution in [-0.4, -0.2) is 263 Å². The summed E-state index contributed by atoms with van der Waals surface area (Å²) < 4.78 is 60.1. The van der Waals surface area contributed by atoms with Crippen molar-refractivity contribution in [2.24, 2.45) is 50.2 Å². The van der Waals surface area contributed by atoms with Crippen LogP contribution in [0.3, 0.4) is 0 Å². The minimum Gasteiger partial charge on any atom is -0.432 e. The average Bonchev–Trinajstić information content (AvgIpc) is 1.16. The first kappa shape index (κ1) is 64.2. The first-order chi connectivity index (χ1) is 38.9. The van der Waals surface area contributed by atoms with Gasteiger partial charge in [0.15, 0.2) is 31.3 Å². The lowest BCUT2D eigenvalue weighted by Gasteiger charge is -2.72. The summed E-state index contributed by atoms with van der Waals surface area (Å²) in [5.74, 6) is -1.26. The minimum absolute atomic E-state index is 0.0465. The van der Waals surface area contributed by atoms with E-state index in [4.69, 9.17) is 47.4 Å². The first-order valence-corrected chi connectivity index (χ1v) is 29.7. The Hall–Kier alpha value is -1.75. The summed E-state index contributed by atoms with van der Waals surface area (Å²) in [7, 11) is 0. The molecule has 5 aliphatic heterocycles. The summed E-state index contributed by atoms with van der Waals surface area (Å²) in [6.07, 6.45) is -30.9. The van der Waals surface area contributed by atoms with Crippen LogP contribution in [0.2, 0.25) is 0 Å². The van der Waals surface area contributed by atoms with Gasteiger partial charge in [0.1, 0.15) is 91.6 Å². The summed E-state index contributed by atoms with van der Waals surface area (Å²) in [6.45, 7) is 11.9. The predicted octanol–water partition coefficient (Wildman–Crippen LogP) is -3.32. The highest BCUT2D eigenvalue weighted by molar-refractivity contribution is 5.79. The van der Waals surface area contributed by atoms with Crippen molar-refractivity contribution in [2.45, 2.75) is 254 Å². The van der Waals surface area contributed by atoms with Crippen LogP contribution < -0.4 is 0 Å². The maximum Gasteiger partial charge on any atom is 0.315 e. The van der Waals surface area contributed by atoms with E-state index in [0.29, 0.717) is 51.4 Å². The van der Waals surface area contributed by atoms with Crippen molar-refractivity contribution in [3.63, 3.8) is 0 Å². The number of aliphatic hydroxyl groups is 15. The van der Waals surface area contributed by atoms with E-state index in [2.05, 4.69) is 40.7 Å². The highest BCUT2D eigenvalue weighted by Crippen LogP contribution is 2.76. The van der Waals surface area contributed by atoms with E-state index in [9.17, 15) is 76.6 Å². The molecule has 10 aliphatic rings. The van der Waals surface area contributed by atoms with Gasteiger partial charge in [0.05, 0.1) is 56.8 Å². The topological polar surface area (TPSA) is 413 Å². The molecule has 15 N–H and O–H groups in total. The molecule has 0 bridgehead atoms. The van der Waals surface area contributed by atoms with Crippen molar-refractivity contribution in [2.75, 3.05) is 33.0 Å². The molecule has 0 aromatic carbocycles. The van der Waals surface area contributed by atoms with Crippen LogP contribution in [-0.2, 0) is 52.2 Å². The molecule has 26 nitrogen and oxygen atoms in total. The molecule has 5 saturated heterocycles. The molecule has 5 aliphatic carbocycles. The number of ether oxygens (including phenoxy) is 10. The van der Waals surface area contributed by atoms with Crippen LogP contribution in [0.15, 0.2) is 11.6 Å². The van der Waals surface area contributed by atoms with Gasteiger partial charge in [0, 0.05) is 5.41 Å². The first-order valence-electron chi connectivity index (χ1n) is 29.7. The van der Waals surface area contributed by atoms with Crippen molar-refractivity contribution >= 4 is 5.97 Å². The van der Waals surface area contributed by atoms with Crippen LogP contribution in [0, 0.1) is 50.2 Å². The number of rotatable bonds is 12. The lowest BCUT2D eigenvalue weighted by molar-refractivity contribution is -0.382. The van der Waals surface area contributed by atoms with Gasteiger partial charge in [-0.3, -0.25) is 4.79 Å². The monoisotopic (exact) mass is 1190 g/mol. The molecule has 9 fully saturated rings. The number of esters is 1. The van der Waals surface area contributed by atoms with Gasteiger partial charge in [0.25, 0.3) is 0 Å². The van der Waals surface area contributed by atoms with Gasteiger partial charge in [-0.15, -0.1) is 0 Å². The Bertz CT molecular complexity index is 2310. The predicted molar refractivity (Wildman–Crippen MR) is 279 cm³/mol. The zero-order valence-corrected chi connectivity index (χ0v) is 48.3. The largest absolute Gasteiger partial charge is 0.432 e. The number of hydrogen-bond acceptors (Lipinski definition) is 26. The Morgan fingerprint density at radius 3 is 1.73 bits per heavy atom. The molecular formula is C57H92O26. The zero-order chi connectivity index (χ0) is 60.4. The maximum atomic E-state index is 15.7. The summed E-state index contributed by atoms with van der Waals surface area (Å²) in [5.41, 5.74) is -2.84. The molecular weight excluding hydrogens is 1100 g/mol. The van der Waals surface area contributed by atoms with Gasteiger partial charge in [-0.25, -0.2) is 0 Å². The number of carbonyl (C=O) groups excluding carboxylic acids is 1. The summed E-state index contributed by atoms with van der Waals surface area (Å²) in [4.78, 5) is 15.7. The lowest BCUT2D eigenvalue weighted by Crippen LogP contribution is -2.69. The molecule has 0 aromatic rings. The van der Waals surface area contributed by atoms with E-state index < -0.39 is 214 Å². The van der Waals surface area contributed by atoms with Crippen molar-refractivity contribution < 1.29 is 129 Å². The SMILES string of the molecule is C[C@@H]1O[C@@H](O[C@H]2[C@H](OC(=O)[C@]34CCC(C)(C)C[C@H]3C3=CC[C@@H]5[C@@]6(C)C[C@H](O)[C@H](O[C@@H]7O[C@H](CO)[C@@H](O)[C@H](O)[C@H]7O)[C@@](C)(CO)[C@@H]6CC[C@@]5(C)[C@]3(C)CC4)OC[C@H](O)[C@@H]2O[C@@H]2OC[C@H](O)[C@H](O)[C@H]2O)[C@H](O)[C@H](O)[C@H]1O[C@@H]1OC[C@@H](O)[C@H](O)[C@H]1O. The van der Waals surface area contributed by atoms with Crippen molar-refractivity contribution in [3.05, 3.63) is 11.6 Å². The third-order valence-electron chi connectivity index (χ3n) is 22.4. The number of aliphatic hydroxyl groups excluding tert-OH is 15. The standard InChI is InChI=1S/C57H92O26/c1-23-42(79-46-38(69)33(64)27(61)19-74-46)37(68)41(72)48(77-23)81-44-43(80-47-39(70)34(65)28(62)20-75-47)29(63)21-76-50(44)83-51(73)57-14-12-52(2,3)16-25(57)24-8-9-32-53(4)17-26(60)45(82-49-40(71)36(67)35(66)30(18-58)78-49)54(5,22-59)31(53)10-11-56(32,7)55(24,6)13-15-57/h8,23,25-50,58-72H,9-22H2,1-7H3/t23-,25-,26-,27+,28-,29-,30+,31+,32+,33-,34-,35+,36-,37-,38+,39+,40+,41+,42-,43-,44+,45-,46-,47-,48-,49-,50-,53-,54-,55+,56+,57-/m0/s1. The van der Waals surface area contributed by atoms with Crippen LogP contribution in [0.25, 0.3) is 0 Å². The number of allylic oxidation sites excluding steroid dienone is 2. The third-order valence-corrected chi connectivity index (χ3v) is 22.4. The fourth-order valence-electron chi connectivity index (χ4n) is 17.3. The van der Waals surface area contributed by atoms with E-state index in [0.717, 1.165) is 5.57 Å². The van der Waals surface area contributed by atoms with E-state index in [-0.39, 0.29) is 29.6 Å². The Kier molecular flexibility index (Phi) is 18.2. The van der Waals surface area contributed by atoms with Crippen LogP contribution >= 0.6 is 0 Å². The molecule has 0 unspecified atom stereocenters. The second-order valence-corrected chi connectivity index (χ2v) is 27.7. The smallest absolute Gasteiger partial charge is 0.315 e. The molecule has 0 aromatic heterocycles. The minimum atomic E-state index is -1.96. The van der Waals surface area contributed by atoms with Gasteiger partial charge < -0.3 is 124 Å². The zero-order valence-electron chi connectivity index (χ0n) is 48.3. The van der Waals surface area contributed by atoms with Gasteiger partial charge in [0.2, 0.25) is 6.29 Å². The highest BCUT2D eigenvalue weighted by Gasteiger charge is 2.72. The molecule has 32 atom stereocenters. The van der Waals surface area contributed by atoms with Gasteiger partial charge in [-0.2, -0.15) is 0 Å². The highest BCUT2D eigenvalue weighted by atomic mass is 16.8. The lowest BCUT2D eigenvalue weighted by atomic mass is 9.33. The molecule has 5 heterocycles. The van der Waals surface area contributed by atoms with Gasteiger partial charge >= 0.3 is 5.97 Å². The van der Waals surface area contributed by atoms with Gasteiger partial charge in [-0.1, -0.05) is 53.2 Å². The molecule has 0 amide bonds. The molecule has 26 heteroatoms. The van der Waals surface area contributed by atoms with E-state index in [1.54, 1.807) is 0 Å². The summed E-state index contributed by atoms with van der Waals surface area (Å²) >= 11 is 0. The fourth-order valence-corrected chi connectivity index (χ4v) is 17.3. The molecule has 476 valence electrons. The second-order valence-electron chi connectivity index (χ2n) is 27.7. The normalized spacial score (nSPS) is 55.4. The molecule has 0 spiro atoms. The number of carbonyl (C=O) groups is 1. The average molecular weight is 1190 g/mol. The van der Waals surface area contributed by atoms with Crippen molar-refractivity contribution in [1.82, 2.24) is 0 Å². The Balaban J connectivity index is 0.924. The van der Waals surface area contributed by atoms with Crippen LogP contribution in [0.1, 0.15) is 106 Å². The summed E-state index contributed by atoms with van der Waals surface area (Å²) in [6, 6.07) is 0. The Morgan fingerprint density at radius 2 is 1.11 bits per heavy atom. The Labute approximate surface area is 482 Å². The van der Waals surface area contributed by atoms with E-state index >= 15 is 4.79 Å². The second kappa shape index (κ2) is 23.6. The Morgan fingerprint density at radius 1 is 0.554 bits per heavy atom. The van der Waals surface area contributed by atoms with Gasteiger partial charge in [-0.05, 0) is 104 Å². The number of hydrogen-bond donors (Lipinski definition) is 15. The van der Waals surface area contributed by atoms with Crippen LogP contribution in [0.5, 0.6) is 0 Å². The van der Waals surface area contributed by atoms with E-state index in [1.165, 1.54) is 6.92 Å². The molecule has 0 radical (unpaired) electrons. The fraction of sp³-hybridized carbons (Fsp3) is 0.947. The number of fused-ring (bicyclic) bond motifs is 7. The van der Waals surface area contributed by atoms with Crippen molar-refractivity contribution in [1.29, 1.82) is 0 Å². The maximum absolute atomic E-state index is 15.7. The van der Waals surface area contributed by atoms with Crippen molar-refractivity contribution in [3.8, 4) is 0 Å². The molecule has 83 heavy (non-hydrogen) atoms. The molecule has 10 rings (SSSR count). The quantitative estimate of drug-likeness (QED) is 0.0516. The van der Waals surface area contributed by atoms with E-state index in [1.807, 2.05) is 6.92 Å². The third kappa shape index (κ3) is 10.7. The van der Waals surface area contributed by atoms with Crippen LogP contribution in [0.4, 0.5) is 0 Å². The summed E-state index contributed by atoms with van der Waals surface area (Å²) in [5, 5.41) is 163.